The Bertz CT molecular complexity index is 628. The first-order chi connectivity index (χ1) is 11.8. The van der Waals surface area contributed by atoms with E-state index in [1.165, 1.54) is 30.8 Å². The van der Waals surface area contributed by atoms with Crippen molar-refractivity contribution in [3.05, 3.63) is 17.0 Å². The van der Waals surface area contributed by atoms with Gasteiger partial charge in [-0.2, -0.15) is 0 Å². The molecule has 1 N–H and O–H groups in total. The number of hydrogen-bond acceptors (Lipinski definition) is 7. The van der Waals surface area contributed by atoms with Gasteiger partial charge in [-0.15, -0.1) is 0 Å². The van der Waals surface area contributed by atoms with Crippen LogP contribution in [0.5, 0.6) is 0 Å². The second-order valence-electron chi connectivity index (χ2n) is 5.44. The number of carbonyl (C=O) groups is 3. The molecule has 0 unspecified atom stereocenters. The van der Waals surface area contributed by atoms with Crippen LogP contribution in [0.1, 0.15) is 23.4 Å². The molecule has 1 aromatic rings. The van der Waals surface area contributed by atoms with Crippen LogP contribution in [0.15, 0.2) is 5.16 Å². The number of aryl methyl sites for hydroxylation is 2. The number of hydrogen-bond donors (Lipinski definition) is 1. The Kier molecular flexibility index (Phi) is 8.33. The van der Waals surface area contributed by atoms with Crippen molar-refractivity contribution in [3.8, 4) is 0 Å². The zero-order valence-corrected chi connectivity index (χ0v) is 16.0. The van der Waals surface area contributed by atoms with Gasteiger partial charge < -0.3 is 15.0 Å². The summed E-state index contributed by atoms with van der Waals surface area (Å²) in [6, 6.07) is 0. The molecule has 0 bridgehead atoms. The molecule has 1 aromatic heterocycles. The maximum atomic E-state index is 11.9. The molecule has 0 atom stereocenters. The SMILES string of the molecule is CNC(=O)CN(C)C(=O)COC(=O)CCc1c(C)nc(SC)nc1C. The lowest BCUT2D eigenvalue weighted by Crippen LogP contribution is -2.39. The average Bonchev–Trinajstić information content (AvgIpc) is 2.58. The highest BCUT2D eigenvalue weighted by molar-refractivity contribution is 7.98. The van der Waals surface area contributed by atoms with E-state index in [9.17, 15) is 14.4 Å². The van der Waals surface area contributed by atoms with Crippen molar-refractivity contribution in [2.24, 2.45) is 0 Å². The van der Waals surface area contributed by atoms with Crippen molar-refractivity contribution in [1.29, 1.82) is 0 Å². The summed E-state index contributed by atoms with van der Waals surface area (Å²) in [6.07, 6.45) is 2.49. The van der Waals surface area contributed by atoms with E-state index in [4.69, 9.17) is 4.74 Å². The second kappa shape index (κ2) is 9.97. The fourth-order valence-electron chi connectivity index (χ4n) is 2.10. The minimum Gasteiger partial charge on any atom is -0.456 e. The van der Waals surface area contributed by atoms with E-state index in [0.717, 1.165) is 17.0 Å². The highest BCUT2D eigenvalue weighted by Gasteiger charge is 2.15. The number of esters is 1. The van der Waals surface area contributed by atoms with Gasteiger partial charge in [-0.1, -0.05) is 11.8 Å². The first-order valence-corrected chi connectivity index (χ1v) is 8.99. The Morgan fingerprint density at radius 2 is 1.80 bits per heavy atom. The minimum atomic E-state index is -0.477. The summed E-state index contributed by atoms with van der Waals surface area (Å²) >= 11 is 1.47. The number of amides is 2. The summed E-state index contributed by atoms with van der Waals surface area (Å²) in [7, 11) is 2.96. The van der Waals surface area contributed by atoms with Crippen molar-refractivity contribution in [1.82, 2.24) is 20.2 Å². The molecule has 0 saturated carbocycles. The van der Waals surface area contributed by atoms with Crippen molar-refractivity contribution >= 4 is 29.5 Å². The second-order valence-corrected chi connectivity index (χ2v) is 6.22. The van der Waals surface area contributed by atoms with Crippen molar-refractivity contribution in [3.63, 3.8) is 0 Å². The molecule has 2 amide bonds. The molecule has 25 heavy (non-hydrogen) atoms. The zero-order chi connectivity index (χ0) is 19.0. The lowest BCUT2D eigenvalue weighted by molar-refractivity contribution is -0.151. The van der Waals surface area contributed by atoms with Gasteiger partial charge in [0.25, 0.3) is 5.91 Å². The number of rotatable bonds is 8. The molecule has 0 aliphatic heterocycles. The molecule has 1 rings (SSSR count). The Morgan fingerprint density at radius 1 is 1.20 bits per heavy atom. The summed E-state index contributed by atoms with van der Waals surface area (Å²) in [5.41, 5.74) is 2.59. The predicted octanol–water partition coefficient (Wildman–Crippen LogP) is 0.496. The molecular weight excluding hydrogens is 344 g/mol. The van der Waals surface area contributed by atoms with Crippen LogP contribution in [0.25, 0.3) is 0 Å². The summed E-state index contributed by atoms with van der Waals surface area (Å²) in [5, 5.41) is 3.12. The molecule has 8 nitrogen and oxygen atoms in total. The molecule has 138 valence electrons. The van der Waals surface area contributed by atoms with Crippen LogP contribution in [-0.4, -0.2) is 66.2 Å². The van der Waals surface area contributed by atoms with Gasteiger partial charge >= 0.3 is 5.97 Å². The van der Waals surface area contributed by atoms with Crippen molar-refractivity contribution in [2.45, 2.75) is 31.8 Å². The minimum absolute atomic E-state index is 0.0790. The number of nitrogens with one attached hydrogen (secondary N) is 1. The molecule has 9 heteroatoms. The number of nitrogens with zero attached hydrogens (tertiary/aromatic N) is 3. The first-order valence-electron chi connectivity index (χ1n) is 7.76. The van der Waals surface area contributed by atoms with Crippen molar-refractivity contribution in [2.75, 3.05) is 33.5 Å². The summed E-state index contributed by atoms with van der Waals surface area (Å²) in [5.74, 6) is -1.20. The third-order valence-electron chi connectivity index (χ3n) is 3.60. The van der Waals surface area contributed by atoms with Crippen molar-refractivity contribution < 1.29 is 19.1 Å². The molecular formula is C16H24N4O4S. The Morgan fingerprint density at radius 3 is 2.32 bits per heavy atom. The van der Waals surface area contributed by atoms with Gasteiger partial charge in [-0.05, 0) is 32.1 Å². The third kappa shape index (κ3) is 6.69. The molecule has 0 aliphatic rings. The molecule has 0 saturated heterocycles. The molecule has 0 spiro atoms. The van der Waals surface area contributed by atoms with E-state index in [2.05, 4.69) is 15.3 Å². The largest absolute Gasteiger partial charge is 0.456 e. The highest BCUT2D eigenvalue weighted by Crippen LogP contribution is 2.17. The standard InChI is InChI=1S/C16H24N4O4S/c1-10-12(11(2)19-16(18-10)25-5)6-7-15(23)24-9-14(22)20(4)8-13(21)17-3/h6-9H2,1-5H3,(H,17,21). The summed E-state index contributed by atoms with van der Waals surface area (Å²) in [4.78, 5) is 44.8. The van der Waals surface area contributed by atoms with Gasteiger partial charge in [0.15, 0.2) is 11.8 Å². The normalized spacial score (nSPS) is 10.3. The van der Waals surface area contributed by atoms with Crippen LogP contribution in [0.4, 0.5) is 0 Å². The summed E-state index contributed by atoms with van der Waals surface area (Å²) in [6.45, 7) is 3.30. The number of thioether (sulfide) groups is 1. The molecule has 0 aromatic carbocycles. The van der Waals surface area contributed by atoms with E-state index in [-0.39, 0.29) is 25.5 Å². The van der Waals surface area contributed by atoms with Crippen LogP contribution in [0, 0.1) is 13.8 Å². The maximum Gasteiger partial charge on any atom is 0.306 e. The topological polar surface area (TPSA) is 101 Å². The van der Waals surface area contributed by atoms with E-state index in [0.29, 0.717) is 11.6 Å². The quantitative estimate of drug-likeness (QED) is 0.405. The lowest BCUT2D eigenvalue weighted by Gasteiger charge is -2.16. The Balaban J connectivity index is 2.48. The number of ether oxygens (including phenoxy) is 1. The maximum absolute atomic E-state index is 11.9. The molecule has 1 heterocycles. The van der Waals surface area contributed by atoms with Crippen LogP contribution in [0.2, 0.25) is 0 Å². The van der Waals surface area contributed by atoms with Gasteiger partial charge in [0, 0.05) is 31.9 Å². The predicted molar refractivity (Wildman–Crippen MR) is 94.3 cm³/mol. The average molecular weight is 368 g/mol. The van der Waals surface area contributed by atoms with Gasteiger partial charge in [-0.3, -0.25) is 14.4 Å². The van der Waals surface area contributed by atoms with Crippen LogP contribution >= 0.6 is 11.8 Å². The zero-order valence-electron chi connectivity index (χ0n) is 15.2. The monoisotopic (exact) mass is 368 g/mol. The van der Waals surface area contributed by atoms with Gasteiger partial charge in [0.2, 0.25) is 5.91 Å². The fourth-order valence-corrected chi connectivity index (χ4v) is 2.55. The number of carbonyl (C=O) groups excluding carboxylic acids is 3. The van der Waals surface area contributed by atoms with Gasteiger partial charge in [0.1, 0.15) is 0 Å². The highest BCUT2D eigenvalue weighted by atomic mass is 32.2. The molecule has 0 radical (unpaired) electrons. The van der Waals surface area contributed by atoms with Crippen LogP contribution < -0.4 is 5.32 Å². The van der Waals surface area contributed by atoms with Crippen LogP contribution in [0.3, 0.4) is 0 Å². The van der Waals surface area contributed by atoms with E-state index in [1.54, 1.807) is 0 Å². The lowest BCUT2D eigenvalue weighted by atomic mass is 10.1. The smallest absolute Gasteiger partial charge is 0.306 e. The van der Waals surface area contributed by atoms with E-state index < -0.39 is 11.9 Å². The van der Waals surface area contributed by atoms with E-state index >= 15 is 0 Å². The summed E-state index contributed by atoms with van der Waals surface area (Å²) < 4.78 is 4.98. The molecule has 0 aliphatic carbocycles. The van der Waals surface area contributed by atoms with Gasteiger partial charge in [0.05, 0.1) is 6.54 Å². The van der Waals surface area contributed by atoms with Gasteiger partial charge in [-0.25, -0.2) is 9.97 Å². The number of aromatic nitrogens is 2. The number of likely N-dealkylation sites (N-methyl/N-ethyl adjacent to an activating group) is 2. The molecule has 0 fully saturated rings. The first kappa shape index (κ1) is 20.9. The fraction of sp³-hybridized carbons (Fsp3) is 0.562. The van der Waals surface area contributed by atoms with E-state index in [1.807, 2.05) is 20.1 Å². The Labute approximate surface area is 151 Å². The third-order valence-corrected chi connectivity index (χ3v) is 4.15. The Hall–Kier alpha value is -2.16. The van der Waals surface area contributed by atoms with Crippen LogP contribution in [-0.2, 0) is 25.5 Å².